The minimum Gasteiger partial charge on any atom is -0.485 e. The Labute approximate surface area is 160 Å². The highest BCUT2D eigenvalue weighted by atomic mass is 19.4. The second kappa shape index (κ2) is 6.55. The van der Waals surface area contributed by atoms with E-state index in [4.69, 9.17) is 9.47 Å². The van der Waals surface area contributed by atoms with Gasteiger partial charge in [0.2, 0.25) is 17.4 Å². The monoisotopic (exact) mass is 406 g/mol. The molecule has 0 amide bonds. The number of hydrogen-bond donors (Lipinski definition) is 2. The van der Waals surface area contributed by atoms with Crippen LogP contribution in [0, 0.1) is 0 Å². The summed E-state index contributed by atoms with van der Waals surface area (Å²) in [5.74, 6) is -0.695. The van der Waals surface area contributed by atoms with E-state index < -0.39 is 12.0 Å². The Hall–Kier alpha value is -3.48. The molecule has 0 aromatic carbocycles. The standard InChI is InChI=1S/C16H13F3N8O2/c17-16(18,19)14-24-13(25-26-14)11-12(10-4-20-7-22-10)27-5-9(3-21-15(27)23-11)29-8-1-2-28-6-8/h3-5,7-8H,1-2,6H2,(H,20,22)(H,24,25,26). The number of aromatic amines is 2. The van der Waals surface area contributed by atoms with Crippen molar-refractivity contribution in [1.82, 2.24) is 39.5 Å². The van der Waals surface area contributed by atoms with E-state index in [1.807, 2.05) is 5.10 Å². The average molecular weight is 406 g/mol. The van der Waals surface area contributed by atoms with Crippen LogP contribution < -0.4 is 4.74 Å². The molecule has 13 heteroatoms. The maximum absolute atomic E-state index is 12.9. The summed E-state index contributed by atoms with van der Waals surface area (Å²) in [6.07, 6.45) is 2.14. The molecule has 1 fully saturated rings. The lowest BCUT2D eigenvalue weighted by Gasteiger charge is -2.11. The van der Waals surface area contributed by atoms with Crippen LogP contribution in [0.3, 0.4) is 0 Å². The van der Waals surface area contributed by atoms with E-state index >= 15 is 0 Å². The highest BCUT2D eigenvalue weighted by Crippen LogP contribution is 2.32. The number of halogens is 3. The van der Waals surface area contributed by atoms with Crippen molar-refractivity contribution in [2.24, 2.45) is 0 Å². The topological polar surface area (TPSA) is 119 Å². The predicted molar refractivity (Wildman–Crippen MR) is 90.8 cm³/mol. The molecule has 4 aromatic rings. The average Bonchev–Trinajstić information content (AvgIpc) is 3.45. The zero-order valence-corrected chi connectivity index (χ0v) is 14.6. The van der Waals surface area contributed by atoms with Gasteiger partial charge >= 0.3 is 6.18 Å². The third-order valence-electron chi connectivity index (χ3n) is 4.37. The van der Waals surface area contributed by atoms with Gasteiger partial charge in [-0.3, -0.25) is 9.50 Å². The van der Waals surface area contributed by atoms with Crippen molar-refractivity contribution in [2.75, 3.05) is 13.2 Å². The van der Waals surface area contributed by atoms with Crippen molar-refractivity contribution in [3.63, 3.8) is 0 Å². The van der Waals surface area contributed by atoms with Gasteiger partial charge in [-0.15, -0.1) is 0 Å². The van der Waals surface area contributed by atoms with Crippen molar-refractivity contribution < 1.29 is 22.6 Å². The Morgan fingerprint density at radius 1 is 1.24 bits per heavy atom. The first-order chi connectivity index (χ1) is 14.0. The molecule has 2 N–H and O–H groups in total. The molecule has 1 saturated heterocycles. The quantitative estimate of drug-likeness (QED) is 0.533. The Bertz CT molecular complexity index is 1150. The van der Waals surface area contributed by atoms with Gasteiger partial charge < -0.3 is 14.5 Å². The van der Waals surface area contributed by atoms with Gasteiger partial charge in [-0.05, 0) is 0 Å². The summed E-state index contributed by atoms with van der Waals surface area (Å²) in [4.78, 5) is 19.0. The van der Waals surface area contributed by atoms with Gasteiger partial charge in [0.15, 0.2) is 5.75 Å². The Morgan fingerprint density at radius 2 is 2.14 bits per heavy atom. The maximum Gasteiger partial charge on any atom is 0.451 e. The summed E-state index contributed by atoms with van der Waals surface area (Å²) in [6, 6.07) is 0. The second-order valence-electron chi connectivity index (χ2n) is 6.34. The fourth-order valence-corrected chi connectivity index (χ4v) is 3.07. The number of nitrogens with one attached hydrogen (secondary N) is 2. The lowest BCUT2D eigenvalue weighted by molar-refractivity contribution is -0.144. The highest BCUT2D eigenvalue weighted by Gasteiger charge is 2.36. The normalized spacial score (nSPS) is 17.3. The molecular weight excluding hydrogens is 393 g/mol. The Kier molecular flexibility index (Phi) is 3.97. The summed E-state index contributed by atoms with van der Waals surface area (Å²) in [5.41, 5.74) is 1.04. The first kappa shape index (κ1) is 17.6. The predicted octanol–water partition coefficient (Wildman–Crippen LogP) is 2.09. The molecule has 150 valence electrons. The largest absolute Gasteiger partial charge is 0.485 e. The van der Waals surface area contributed by atoms with Crippen LogP contribution >= 0.6 is 0 Å². The fraction of sp³-hybridized carbons (Fsp3) is 0.312. The summed E-state index contributed by atoms with van der Waals surface area (Å²) < 4.78 is 51.5. The number of rotatable bonds is 4. The van der Waals surface area contributed by atoms with E-state index in [1.54, 1.807) is 10.6 Å². The molecule has 5 rings (SSSR count). The molecule has 1 unspecified atom stereocenters. The van der Waals surface area contributed by atoms with Crippen molar-refractivity contribution in [3.8, 4) is 28.7 Å². The lowest BCUT2D eigenvalue weighted by atomic mass is 10.2. The van der Waals surface area contributed by atoms with Crippen LogP contribution in [0.25, 0.3) is 28.7 Å². The van der Waals surface area contributed by atoms with Crippen LogP contribution in [0.1, 0.15) is 12.2 Å². The van der Waals surface area contributed by atoms with Crippen molar-refractivity contribution in [2.45, 2.75) is 18.7 Å². The number of alkyl halides is 3. The van der Waals surface area contributed by atoms with Crippen molar-refractivity contribution in [3.05, 3.63) is 30.7 Å². The fourth-order valence-electron chi connectivity index (χ4n) is 3.07. The van der Waals surface area contributed by atoms with Crippen LogP contribution in [0.5, 0.6) is 5.75 Å². The number of hydrogen-bond acceptors (Lipinski definition) is 7. The smallest absolute Gasteiger partial charge is 0.451 e. The van der Waals surface area contributed by atoms with E-state index in [9.17, 15) is 13.2 Å². The molecule has 0 bridgehead atoms. The molecule has 0 aliphatic carbocycles. The first-order valence-electron chi connectivity index (χ1n) is 8.60. The molecule has 10 nitrogen and oxygen atoms in total. The number of H-pyrrole nitrogens is 2. The van der Waals surface area contributed by atoms with Gasteiger partial charge in [0.25, 0.3) is 0 Å². The van der Waals surface area contributed by atoms with Gasteiger partial charge in [-0.2, -0.15) is 18.3 Å². The lowest BCUT2D eigenvalue weighted by Crippen LogP contribution is -2.16. The van der Waals surface area contributed by atoms with E-state index in [1.165, 1.54) is 18.7 Å². The molecule has 0 radical (unpaired) electrons. The zero-order valence-electron chi connectivity index (χ0n) is 14.6. The van der Waals surface area contributed by atoms with E-state index in [0.717, 1.165) is 6.42 Å². The summed E-state index contributed by atoms with van der Waals surface area (Å²) >= 11 is 0. The molecule has 0 spiro atoms. The number of ether oxygens (including phenoxy) is 2. The molecule has 0 saturated carbocycles. The molecular formula is C16H13F3N8O2. The third-order valence-corrected chi connectivity index (χ3v) is 4.37. The van der Waals surface area contributed by atoms with Crippen LogP contribution in [0.4, 0.5) is 13.2 Å². The van der Waals surface area contributed by atoms with E-state index in [0.29, 0.717) is 30.4 Å². The van der Waals surface area contributed by atoms with Crippen LogP contribution in [-0.4, -0.2) is 58.8 Å². The van der Waals surface area contributed by atoms with Gasteiger partial charge in [0, 0.05) is 6.42 Å². The van der Waals surface area contributed by atoms with Crippen LogP contribution in [0.15, 0.2) is 24.9 Å². The summed E-state index contributed by atoms with van der Waals surface area (Å²) in [7, 11) is 0. The Balaban J connectivity index is 1.63. The van der Waals surface area contributed by atoms with Gasteiger partial charge in [0.1, 0.15) is 17.5 Å². The number of nitrogens with zero attached hydrogens (tertiary/aromatic N) is 6. The van der Waals surface area contributed by atoms with Gasteiger partial charge in [-0.25, -0.2) is 19.9 Å². The minimum absolute atomic E-state index is 0.0878. The molecule has 5 heterocycles. The molecule has 4 aromatic heterocycles. The summed E-state index contributed by atoms with van der Waals surface area (Å²) in [6.45, 7) is 1.11. The highest BCUT2D eigenvalue weighted by molar-refractivity contribution is 5.76. The Morgan fingerprint density at radius 3 is 2.83 bits per heavy atom. The zero-order chi connectivity index (χ0) is 20.0. The van der Waals surface area contributed by atoms with Gasteiger partial charge in [0.05, 0.1) is 43.8 Å². The first-order valence-corrected chi connectivity index (χ1v) is 8.60. The second-order valence-corrected chi connectivity index (χ2v) is 6.34. The number of imidazole rings is 2. The van der Waals surface area contributed by atoms with E-state index in [-0.39, 0.29) is 23.4 Å². The number of aromatic nitrogens is 8. The summed E-state index contributed by atoms with van der Waals surface area (Å²) in [5, 5.41) is 5.58. The van der Waals surface area contributed by atoms with Crippen molar-refractivity contribution in [1.29, 1.82) is 0 Å². The maximum atomic E-state index is 12.9. The van der Waals surface area contributed by atoms with E-state index in [2.05, 4.69) is 30.0 Å². The number of fused-ring (bicyclic) bond motifs is 1. The third kappa shape index (κ3) is 3.18. The molecule has 1 aliphatic heterocycles. The SMILES string of the molecule is FC(F)(F)c1nc(-c2nc3ncc(OC4CCOC4)cn3c2-c2cnc[nH]2)n[nH]1. The minimum atomic E-state index is -4.65. The van der Waals surface area contributed by atoms with Crippen molar-refractivity contribution >= 4 is 5.78 Å². The molecule has 1 aliphatic rings. The van der Waals surface area contributed by atoms with Crippen LogP contribution in [0.2, 0.25) is 0 Å². The molecule has 29 heavy (non-hydrogen) atoms. The van der Waals surface area contributed by atoms with Gasteiger partial charge in [-0.1, -0.05) is 0 Å². The molecule has 1 atom stereocenters. The van der Waals surface area contributed by atoms with Crippen LogP contribution in [-0.2, 0) is 10.9 Å².